The van der Waals surface area contributed by atoms with Crippen LogP contribution in [0.4, 0.5) is 15.9 Å². The molecule has 0 unspecified atom stereocenters. The Morgan fingerprint density at radius 2 is 1.93 bits per heavy atom. The number of hydrogen-bond acceptors (Lipinski definition) is 4. The summed E-state index contributed by atoms with van der Waals surface area (Å²) in [5, 5.41) is 11.7. The van der Waals surface area contributed by atoms with Crippen molar-refractivity contribution in [2.45, 2.75) is 19.8 Å². The second-order valence-electron chi connectivity index (χ2n) is 7.43. The number of carbonyl (C=O) groups is 1. The molecule has 1 amide bonds. The second-order valence-corrected chi connectivity index (χ2v) is 7.43. The van der Waals surface area contributed by atoms with Gasteiger partial charge < -0.3 is 10.2 Å². The van der Waals surface area contributed by atoms with E-state index in [0.717, 1.165) is 42.0 Å². The average molecular weight is 390 g/mol. The third-order valence-electron chi connectivity index (χ3n) is 5.19. The molecule has 1 N–H and O–H groups in total. The largest absolute Gasteiger partial charge is 0.354 e. The Morgan fingerprint density at radius 1 is 1.10 bits per heavy atom. The molecule has 0 aliphatic carbocycles. The van der Waals surface area contributed by atoms with Gasteiger partial charge in [0.15, 0.2) is 5.82 Å². The minimum absolute atomic E-state index is 0.0381. The van der Waals surface area contributed by atoms with E-state index in [1.54, 1.807) is 12.1 Å². The Balaban J connectivity index is 1.42. The normalized spacial score (nSPS) is 16.5. The van der Waals surface area contributed by atoms with Gasteiger partial charge in [-0.2, -0.15) is 0 Å². The first-order valence-electron chi connectivity index (χ1n) is 9.80. The van der Waals surface area contributed by atoms with Crippen molar-refractivity contribution < 1.29 is 9.18 Å². The molecule has 1 fully saturated rings. The van der Waals surface area contributed by atoms with E-state index in [9.17, 15) is 9.18 Å². The molecule has 148 valence electrons. The number of aromatic nitrogens is 2. The van der Waals surface area contributed by atoms with Gasteiger partial charge in [-0.05, 0) is 73.9 Å². The summed E-state index contributed by atoms with van der Waals surface area (Å²) >= 11 is 0. The van der Waals surface area contributed by atoms with Crippen LogP contribution in [0.25, 0.3) is 11.3 Å². The summed E-state index contributed by atoms with van der Waals surface area (Å²) in [6, 6.07) is 17.8. The van der Waals surface area contributed by atoms with Gasteiger partial charge in [0.05, 0.1) is 11.6 Å². The van der Waals surface area contributed by atoms with Crippen molar-refractivity contribution in [3.8, 4) is 11.3 Å². The fraction of sp³-hybridized carbons (Fsp3) is 0.261. The van der Waals surface area contributed by atoms with Crippen LogP contribution in [0.3, 0.4) is 0 Å². The van der Waals surface area contributed by atoms with Gasteiger partial charge in [-0.25, -0.2) is 4.39 Å². The molecule has 0 saturated carbocycles. The first-order chi connectivity index (χ1) is 14.1. The van der Waals surface area contributed by atoms with Crippen LogP contribution in [0.5, 0.6) is 0 Å². The molecule has 2 heterocycles. The Hall–Kier alpha value is -3.28. The molecule has 5 nitrogen and oxygen atoms in total. The van der Waals surface area contributed by atoms with Crippen LogP contribution in [-0.4, -0.2) is 29.2 Å². The predicted octanol–water partition coefficient (Wildman–Crippen LogP) is 4.45. The van der Waals surface area contributed by atoms with E-state index in [0.29, 0.717) is 12.2 Å². The van der Waals surface area contributed by atoms with Gasteiger partial charge in [-0.3, -0.25) is 4.79 Å². The monoisotopic (exact) mass is 390 g/mol. The smallest absolute Gasteiger partial charge is 0.229 e. The number of nitrogens with zero attached hydrogens (tertiary/aromatic N) is 3. The van der Waals surface area contributed by atoms with Crippen LogP contribution in [-0.2, 0) is 4.79 Å². The van der Waals surface area contributed by atoms with Crippen LogP contribution in [0.1, 0.15) is 18.4 Å². The van der Waals surface area contributed by atoms with Crippen LogP contribution in [0.2, 0.25) is 0 Å². The number of nitrogens with one attached hydrogen (secondary N) is 1. The minimum Gasteiger partial charge on any atom is -0.354 e. The van der Waals surface area contributed by atoms with E-state index in [2.05, 4.69) is 20.4 Å². The molecule has 1 aliphatic heterocycles. The molecule has 2 aromatic carbocycles. The van der Waals surface area contributed by atoms with E-state index >= 15 is 0 Å². The van der Waals surface area contributed by atoms with Crippen molar-refractivity contribution in [2.75, 3.05) is 23.3 Å². The molecule has 1 atom stereocenters. The van der Waals surface area contributed by atoms with Gasteiger partial charge in [0.2, 0.25) is 5.91 Å². The molecule has 1 aliphatic rings. The van der Waals surface area contributed by atoms with E-state index < -0.39 is 0 Å². The number of aryl methyl sites for hydroxylation is 1. The van der Waals surface area contributed by atoms with Crippen molar-refractivity contribution in [2.24, 2.45) is 5.92 Å². The Kier molecular flexibility index (Phi) is 5.51. The molecule has 29 heavy (non-hydrogen) atoms. The van der Waals surface area contributed by atoms with Crippen molar-refractivity contribution >= 4 is 17.4 Å². The first-order valence-corrected chi connectivity index (χ1v) is 9.80. The lowest BCUT2D eigenvalue weighted by Crippen LogP contribution is -2.41. The summed E-state index contributed by atoms with van der Waals surface area (Å²) < 4.78 is 13.1. The van der Waals surface area contributed by atoms with Gasteiger partial charge in [0, 0.05) is 24.3 Å². The van der Waals surface area contributed by atoms with Crippen molar-refractivity contribution in [1.29, 1.82) is 0 Å². The average Bonchev–Trinajstić information content (AvgIpc) is 2.74. The van der Waals surface area contributed by atoms with Crippen molar-refractivity contribution in [3.63, 3.8) is 0 Å². The third kappa shape index (κ3) is 4.59. The molecule has 6 heteroatoms. The summed E-state index contributed by atoms with van der Waals surface area (Å²) in [5.41, 5.74) is 3.46. The van der Waals surface area contributed by atoms with Crippen molar-refractivity contribution in [1.82, 2.24) is 10.2 Å². The highest BCUT2D eigenvalue weighted by molar-refractivity contribution is 5.93. The molecule has 0 spiro atoms. The fourth-order valence-corrected chi connectivity index (χ4v) is 3.63. The standard InChI is InChI=1S/C23H23FN4O/c1-16-4-2-6-20(14-16)25-23(29)18-5-3-13-28(15-18)22-12-11-21(26-27-22)17-7-9-19(24)10-8-17/h2,4,6-12,14,18H,3,5,13,15H2,1H3,(H,25,29)/t18-/m0/s1. The summed E-state index contributed by atoms with van der Waals surface area (Å²) in [7, 11) is 0. The number of carbonyl (C=O) groups excluding carboxylic acids is 1. The van der Waals surface area contributed by atoms with Crippen LogP contribution >= 0.6 is 0 Å². The minimum atomic E-state index is -0.276. The maximum atomic E-state index is 13.1. The Labute approximate surface area is 169 Å². The van der Waals surface area contributed by atoms with Gasteiger partial charge in [0.1, 0.15) is 5.82 Å². The molecular weight excluding hydrogens is 367 g/mol. The van der Waals surface area contributed by atoms with Crippen LogP contribution in [0.15, 0.2) is 60.7 Å². The molecular formula is C23H23FN4O. The van der Waals surface area contributed by atoms with E-state index in [-0.39, 0.29) is 17.6 Å². The van der Waals surface area contributed by atoms with Gasteiger partial charge in [-0.15, -0.1) is 10.2 Å². The molecule has 0 radical (unpaired) electrons. The summed E-state index contributed by atoms with van der Waals surface area (Å²) in [5.74, 6) is 0.421. The zero-order valence-corrected chi connectivity index (χ0v) is 16.3. The predicted molar refractivity (Wildman–Crippen MR) is 112 cm³/mol. The molecule has 4 rings (SSSR count). The lowest BCUT2D eigenvalue weighted by atomic mass is 9.97. The van der Waals surface area contributed by atoms with Crippen LogP contribution < -0.4 is 10.2 Å². The number of rotatable bonds is 4. The van der Waals surface area contributed by atoms with E-state index in [1.807, 2.05) is 43.3 Å². The molecule has 1 saturated heterocycles. The quantitative estimate of drug-likeness (QED) is 0.715. The number of amides is 1. The SMILES string of the molecule is Cc1cccc(NC(=O)[C@H]2CCCN(c3ccc(-c4ccc(F)cc4)nn3)C2)c1. The maximum absolute atomic E-state index is 13.1. The number of benzene rings is 2. The molecule has 0 bridgehead atoms. The highest BCUT2D eigenvalue weighted by Crippen LogP contribution is 2.24. The molecule has 3 aromatic rings. The highest BCUT2D eigenvalue weighted by atomic mass is 19.1. The first kappa shape index (κ1) is 19.1. The second kappa shape index (κ2) is 8.39. The topological polar surface area (TPSA) is 58.1 Å². The summed E-state index contributed by atoms with van der Waals surface area (Å²) in [6.45, 7) is 3.47. The van der Waals surface area contributed by atoms with Crippen molar-refractivity contribution in [3.05, 3.63) is 72.0 Å². The van der Waals surface area contributed by atoms with Gasteiger partial charge in [-0.1, -0.05) is 12.1 Å². The third-order valence-corrected chi connectivity index (χ3v) is 5.19. The lowest BCUT2D eigenvalue weighted by Gasteiger charge is -2.32. The zero-order valence-electron chi connectivity index (χ0n) is 16.3. The number of piperidine rings is 1. The van der Waals surface area contributed by atoms with Gasteiger partial charge >= 0.3 is 0 Å². The molecule has 1 aromatic heterocycles. The maximum Gasteiger partial charge on any atom is 0.229 e. The number of anilines is 2. The fourth-order valence-electron chi connectivity index (χ4n) is 3.63. The zero-order chi connectivity index (χ0) is 20.2. The Morgan fingerprint density at radius 3 is 2.66 bits per heavy atom. The van der Waals surface area contributed by atoms with Gasteiger partial charge in [0.25, 0.3) is 0 Å². The van der Waals surface area contributed by atoms with E-state index in [1.165, 1.54) is 12.1 Å². The lowest BCUT2D eigenvalue weighted by molar-refractivity contribution is -0.120. The summed E-state index contributed by atoms with van der Waals surface area (Å²) in [6.07, 6.45) is 1.78. The number of hydrogen-bond donors (Lipinski definition) is 1. The highest BCUT2D eigenvalue weighted by Gasteiger charge is 2.26. The van der Waals surface area contributed by atoms with E-state index in [4.69, 9.17) is 0 Å². The number of halogens is 1. The van der Waals surface area contributed by atoms with Crippen LogP contribution in [0, 0.1) is 18.7 Å². The Bertz CT molecular complexity index is 989. The summed E-state index contributed by atoms with van der Waals surface area (Å²) in [4.78, 5) is 14.8.